The zero-order chi connectivity index (χ0) is 29.9. The van der Waals surface area contributed by atoms with Crippen molar-refractivity contribution in [2.75, 3.05) is 30.5 Å². The Labute approximate surface area is 264 Å². The summed E-state index contributed by atoms with van der Waals surface area (Å²) in [5.74, 6) is 1.47. The second kappa shape index (κ2) is 20.1. The molecule has 1 aromatic heterocycles. The molecule has 0 fully saturated rings. The van der Waals surface area contributed by atoms with Crippen LogP contribution >= 0.6 is 24.4 Å². The van der Waals surface area contributed by atoms with E-state index in [1.54, 1.807) is 11.8 Å². The number of thioether (sulfide) groups is 1. The third-order valence-electron chi connectivity index (χ3n) is 6.64. The highest BCUT2D eigenvalue weighted by Gasteiger charge is 2.40. The number of anilines is 3. The maximum absolute atomic E-state index is 6.41. The smallest absolute Gasteiger partial charge is 0.373 e. The fourth-order valence-electron chi connectivity index (χ4n) is 4.28. The van der Waals surface area contributed by atoms with E-state index in [9.17, 15) is 0 Å². The SMILES string of the molecule is CCCCO[Si](CCCCCSc1nc(S)nc(N(c2ccccc2)c2ccccc2)n1)(OCCCC)OCCCC. The van der Waals surface area contributed by atoms with Crippen LogP contribution in [0.15, 0.2) is 71.0 Å². The van der Waals surface area contributed by atoms with Crippen LogP contribution in [0.25, 0.3) is 0 Å². The molecular formula is C32H48N4O3S2Si. The number of benzene rings is 2. The normalized spacial score (nSPS) is 11.6. The van der Waals surface area contributed by atoms with Gasteiger partial charge in [0.2, 0.25) is 5.95 Å². The largest absolute Gasteiger partial charge is 0.500 e. The Balaban J connectivity index is 1.60. The van der Waals surface area contributed by atoms with Crippen molar-refractivity contribution < 1.29 is 13.3 Å². The first-order valence-corrected chi connectivity index (χ1v) is 18.9. The van der Waals surface area contributed by atoms with E-state index < -0.39 is 8.80 Å². The van der Waals surface area contributed by atoms with E-state index in [1.807, 2.05) is 41.3 Å². The standard InChI is InChI=1S/C32H48N4O3S2Si/c1-4-7-23-37-42(38-24-8-5-2,39-25-9-6-3)27-18-12-17-26-41-32-34-30(33-31(40)35-32)36(28-19-13-10-14-20-28)29-21-15-11-16-22-29/h10-11,13-16,19-22H,4-9,12,17-18,23-27H2,1-3H3,(H,33,34,35,40). The lowest BCUT2D eigenvalue weighted by molar-refractivity contribution is 0.0557. The van der Waals surface area contributed by atoms with Crippen LogP contribution < -0.4 is 4.90 Å². The molecule has 0 saturated carbocycles. The summed E-state index contributed by atoms with van der Waals surface area (Å²) in [7, 11) is -2.68. The molecule has 0 aliphatic rings. The molecule has 3 rings (SSSR count). The first-order valence-electron chi connectivity index (χ1n) is 15.5. The lowest BCUT2D eigenvalue weighted by Gasteiger charge is -2.30. The fourth-order valence-corrected chi connectivity index (χ4v) is 8.09. The molecule has 0 amide bonds. The zero-order valence-electron chi connectivity index (χ0n) is 25.5. The highest BCUT2D eigenvalue weighted by Crippen LogP contribution is 2.33. The van der Waals surface area contributed by atoms with Crippen molar-refractivity contribution in [3.63, 3.8) is 0 Å². The van der Waals surface area contributed by atoms with Crippen LogP contribution in [0.2, 0.25) is 6.04 Å². The van der Waals surface area contributed by atoms with E-state index in [2.05, 4.69) is 67.6 Å². The Bertz CT molecular complexity index is 1070. The summed E-state index contributed by atoms with van der Waals surface area (Å²) in [6, 6.07) is 21.1. The molecule has 230 valence electrons. The van der Waals surface area contributed by atoms with E-state index >= 15 is 0 Å². The van der Waals surface area contributed by atoms with Crippen LogP contribution in [0.3, 0.4) is 0 Å². The molecule has 1 heterocycles. The third kappa shape index (κ3) is 12.0. The summed E-state index contributed by atoms with van der Waals surface area (Å²) in [4.78, 5) is 16.0. The van der Waals surface area contributed by atoms with Gasteiger partial charge in [-0.2, -0.15) is 15.0 Å². The van der Waals surface area contributed by atoms with Gasteiger partial charge in [0.1, 0.15) is 0 Å². The van der Waals surface area contributed by atoms with E-state index in [1.165, 1.54) is 0 Å². The summed E-state index contributed by atoms with van der Waals surface area (Å²) in [6.45, 7) is 8.71. The van der Waals surface area contributed by atoms with Crippen LogP contribution in [-0.4, -0.2) is 49.3 Å². The van der Waals surface area contributed by atoms with Gasteiger partial charge in [-0.05, 0) is 56.4 Å². The van der Waals surface area contributed by atoms with E-state index in [4.69, 9.17) is 18.3 Å². The second-order valence-corrected chi connectivity index (χ2v) is 14.4. The molecule has 0 aliphatic heterocycles. The van der Waals surface area contributed by atoms with Gasteiger partial charge >= 0.3 is 8.80 Å². The van der Waals surface area contributed by atoms with Crippen LogP contribution in [0.5, 0.6) is 0 Å². The average Bonchev–Trinajstić information content (AvgIpc) is 3.00. The fraction of sp³-hybridized carbons (Fsp3) is 0.531. The zero-order valence-corrected chi connectivity index (χ0v) is 28.3. The molecule has 0 unspecified atom stereocenters. The molecule has 0 spiro atoms. The highest BCUT2D eigenvalue weighted by atomic mass is 32.2. The second-order valence-electron chi connectivity index (χ2n) is 10.2. The van der Waals surface area contributed by atoms with Crippen molar-refractivity contribution in [2.45, 2.75) is 94.9 Å². The molecule has 0 radical (unpaired) electrons. The van der Waals surface area contributed by atoms with Gasteiger partial charge in [0, 0.05) is 43.0 Å². The van der Waals surface area contributed by atoms with Gasteiger partial charge in [0.05, 0.1) is 0 Å². The monoisotopic (exact) mass is 628 g/mol. The minimum absolute atomic E-state index is 0.410. The van der Waals surface area contributed by atoms with E-state index in [0.717, 1.165) is 81.0 Å². The first kappa shape index (κ1) is 34.5. The molecule has 3 aromatic rings. The number of aromatic nitrogens is 3. The molecule has 0 saturated heterocycles. The molecule has 42 heavy (non-hydrogen) atoms. The molecule has 2 aromatic carbocycles. The Hall–Kier alpha value is -1.95. The van der Waals surface area contributed by atoms with Gasteiger partial charge in [-0.25, -0.2) is 0 Å². The molecular weight excluding hydrogens is 581 g/mol. The Morgan fingerprint density at radius 2 is 1.19 bits per heavy atom. The summed E-state index contributed by atoms with van der Waals surface area (Å²) in [5.41, 5.74) is 1.96. The first-order chi connectivity index (χ1) is 20.6. The summed E-state index contributed by atoms with van der Waals surface area (Å²) in [6.07, 6.45) is 9.54. The van der Waals surface area contributed by atoms with Gasteiger partial charge in [-0.1, -0.05) is 94.6 Å². The summed E-state index contributed by atoms with van der Waals surface area (Å²) >= 11 is 6.16. The number of thiol groups is 1. The lowest BCUT2D eigenvalue weighted by atomic mass is 10.2. The van der Waals surface area contributed by atoms with Crippen molar-refractivity contribution in [1.82, 2.24) is 15.0 Å². The summed E-state index contributed by atoms with van der Waals surface area (Å²) < 4.78 is 19.2. The number of hydrogen-bond acceptors (Lipinski definition) is 9. The Kier molecular flexibility index (Phi) is 16.5. The summed E-state index contributed by atoms with van der Waals surface area (Å²) in [5, 5.41) is 1.09. The molecule has 0 atom stereocenters. The van der Waals surface area contributed by atoms with Gasteiger partial charge in [-0.15, -0.1) is 12.6 Å². The van der Waals surface area contributed by atoms with Gasteiger partial charge in [0.25, 0.3) is 0 Å². The highest BCUT2D eigenvalue weighted by molar-refractivity contribution is 7.99. The van der Waals surface area contributed by atoms with Crippen LogP contribution in [0.1, 0.15) is 78.6 Å². The topological polar surface area (TPSA) is 69.6 Å². The molecule has 0 aliphatic carbocycles. The van der Waals surface area contributed by atoms with Gasteiger partial charge in [-0.3, -0.25) is 4.90 Å². The van der Waals surface area contributed by atoms with Gasteiger partial charge in [0.15, 0.2) is 10.3 Å². The van der Waals surface area contributed by atoms with Crippen molar-refractivity contribution in [1.29, 1.82) is 0 Å². The van der Waals surface area contributed by atoms with Crippen molar-refractivity contribution in [3.05, 3.63) is 60.7 Å². The molecule has 0 bridgehead atoms. The molecule has 0 N–H and O–H groups in total. The average molecular weight is 629 g/mol. The maximum atomic E-state index is 6.41. The number of para-hydroxylation sites is 2. The molecule has 7 nitrogen and oxygen atoms in total. The number of nitrogens with zero attached hydrogens (tertiary/aromatic N) is 4. The van der Waals surface area contributed by atoms with Crippen LogP contribution in [0, 0.1) is 0 Å². The lowest BCUT2D eigenvalue weighted by Crippen LogP contribution is -2.46. The Morgan fingerprint density at radius 3 is 1.69 bits per heavy atom. The van der Waals surface area contributed by atoms with Gasteiger partial charge < -0.3 is 13.3 Å². The van der Waals surface area contributed by atoms with Crippen LogP contribution in [-0.2, 0) is 13.3 Å². The molecule has 10 heteroatoms. The van der Waals surface area contributed by atoms with E-state index in [-0.39, 0.29) is 0 Å². The predicted molar refractivity (Wildman–Crippen MR) is 179 cm³/mol. The number of rotatable bonds is 22. The van der Waals surface area contributed by atoms with Crippen LogP contribution in [0.4, 0.5) is 17.3 Å². The van der Waals surface area contributed by atoms with E-state index in [0.29, 0.717) is 36.1 Å². The predicted octanol–water partition coefficient (Wildman–Crippen LogP) is 9.28. The maximum Gasteiger partial charge on any atom is 0.500 e. The van der Waals surface area contributed by atoms with Crippen molar-refractivity contribution in [3.8, 4) is 0 Å². The van der Waals surface area contributed by atoms with Crippen molar-refractivity contribution >= 4 is 50.5 Å². The van der Waals surface area contributed by atoms with Crippen molar-refractivity contribution in [2.24, 2.45) is 0 Å². The third-order valence-corrected chi connectivity index (χ3v) is 10.7. The minimum Gasteiger partial charge on any atom is -0.373 e. The number of hydrogen-bond donors (Lipinski definition) is 1. The quantitative estimate of drug-likeness (QED) is 0.0511. The number of unbranched alkanes of at least 4 members (excludes halogenated alkanes) is 5. The Morgan fingerprint density at radius 1 is 0.667 bits per heavy atom. The minimum atomic E-state index is -2.68.